The molecule has 0 aliphatic heterocycles. The average molecular weight is 285 g/mol. The Morgan fingerprint density at radius 3 is 2.50 bits per heavy atom. The van der Waals surface area contributed by atoms with Gasteiger partial charge in [0.25, 0.3) is 0 Å². The summed E-state index contributed by atoms with van der Waals surface area (Å²) in [5, 5.41) is 2.51. The Bertz CT molecular complexity index is 302. The third-order valence-electron chi connectivity index (χ3n) is 2.52. The Morgan fingerprint density at radius 2 is 1.95 bits per heavy atom. The molecule has 0 radical (unpaired) electrons. The molecular formula is C15H27NO4. The summed E-state index contributed by atoms with van der Waals surface area (Å²) < 4.78 is 10.1. The highest BCUT2D eigenvalue weighted by Gasteiger charge is 2.21. The average Bonchev–Trinajstić information content (AvgIpc) is 2.40. The molecule has 1 unspecified atom stereocenters. The normalized spacial score (nSPS) is 11.8. The first-order chi connectivity index (χ1) is 9.51. The van der Waals surface area contributed by atoms with Crippen LogP contribution >= 0.6 is 0 Å². The molecule has 5 heteroatoms. The van der Waals surface area contributed by atoms with Gasteiger partial charge in [0.15, 0.2) is 0 Å². The van der Waals surface area contributed by atoms with Gasteiger partial charge in [0, 0.05) is 0 Å². The molecule has 1 N–H and O–H groups in total. The van der Waals surface area contributed by atoms with Gasteiger partial charge in [-0.05, 0) is 18.8 Å². The predicted molar refractivity (Wildman–Crippen MR) is 78.4 cm³/mol. The van der Waals surface area contributed by atoms with Gasteiger partial charge in [-0.3, -0.25) is 0 Å². The minimum Gasteiger partial charge on any atom is -0.464 e. The quantitative estimate of drug-likeness (QED) is 0.380. The van der Waals surface area contributed by atoms with E-state index in [1.54, 1.807) is 6.08 Å². The molecule has 0 aliphatic carbocycles. The first kappa shape index (κ1) is 18.5. The van der Waals surface area contributed by atoms with Crippen LogP contribution in [0, 0.1) is 5.92 Å². The molecule has 116 valence electrons. The Hall–Kier alpha value is -1.52. The fourth-order valence-electron chi connectivity index (χ4n) is 1.43. The van der Waals surface area contributed by atoms with Crippen LogP contribution in [0.5, 0.6) is 0 Å². The summed E-state index contributed by atoms with van der Waals surface area (Å²) in [5.41, 5.74) is 0. The highest BCUT2D eigenvalue weighted by molar-refractivity contribution is 5.81. The van der Waals surface area contributed by atoms with Crippen LogP contribution < -0.4 is 5.32 Å². The van der Waals surface area contributed by atoms with Gasteiger partial charge in [0.1, 0.15) is 6.04 Å². The van der Waals surface area contributed by atoms with E-state index in [0.29, 0.717) is 19.6 Å². The fourth-order valence-corrected chi connectivity index (χ4v) is 1.43. The number of carbonyl (C=O) groups excluding carboxylic acids is 2. The first-order valence-electron chi connectivity index (χ1n) is 7.22. The van der Waals surface area contributed by atoms with E-state index in [2.05, 4.69) is 18.8 Å². The van der Waals surface area contributed by atoms with E-state index in [-0.39, 0.29) is 5.92 Å². The van der Waals surface area contributed by atoms with E-state index in [9.17, 15) is 9.59 Å². The third-order valence-corrected chi connectivity index (χ3v) is 2.52. The van der Waals surface area contributed by atoms with Crippen molar-refractivity contribution >= 4 is 12.1 Å². The molecule has 1 amide bonds. The molecule has 0 spiro atoms. The lowest BCUT2D eigenvalue weighted by Crippen LogP contribution is -2.42. The van der Waals surface area contributed by atoms with Gasteiger partial charge in [-0.1, -0.05) is 39.7 Å². The Morgan fingerprint density at radius 1 is 1.25 bits per heavy atom. The smallest absolute Gasteiger partial charge is 0.407 e. The standard InChI is InChI=1S/C15H27NO4/c1-5-7-8-10-19-14(17)13(9-6-2)16-15(18)20-11-12(3)4/h6,12-13H,2,5,7-11H2,1,3-4H3,(H,16,18). The lowest BCUT2D eigenvalue weighted by atomic mass is 10.2. The molecule has 0 saturated carbocycles. The van der Waals surface area contributed by atoms with Crippen LogP contribution in [-0.2, 0) is 14.3 Å². The van der Waals surface area contributed by atoms with E-state index in [1.807, 2.05) is 13.8 Å². The topological polar surface area (TPSA) is 64.6 Å². The number of carbonyl (C=O) groups is 2. The summed E-state index contributed by atoms with van der Waals surface area (Å²) in [4.78, 5) is 23.4. The van der Waals surface area contributed by atoms with Gasteiger partial charge in [-0.15, -0.1) is 6.58 Å². The van der Waals surface area contributed by atoms with Crippen LogP contribution in [0.1, 0.15) is 46.5 Å². The van der Waals surface area contributed by atoms with Gasteiger partial charge in [0.05, 0.1) is 13.2 Å². The van der Waals surface area contributed by atoms with Gasteiger partial charge in [-0.2, -0.15) is 0 Å². The van der Waals surface area contributed by atoms with Crippen molar-refractivity contribution in [3.63, 3.8) is 0 Å². The Balaban J connectivity index is 4.15. The number of hydrogen-bond donors (Lipinski definition) is 1. The minimum atomic E-state index is -0.728. The molecule has 0 aromatic rings. The van der Waals surface area contributed by atoms with Crippen LogP contribution in [-0.4, -0.2) is 31.3 Å². The van der Waals surface area contributed by atoms with E-state index in [4.69, 9.17) is 9.47 Å². The van der Waals surface area contributed by atoms with Crippen molar-refractivity contribution in [2.24, 2.45) is 5.92 Å². The molecule has 20 heavy (non-hydrogen) atoms. The molecule has 0 saturated heterocycles. The van der Waals surface area contributed by atoms with Gasteiger partial charge < -0.3 is 14.8 Å². The predicted octanol–water partition coefficient (Wildman–Crippen LogP) is 3.05. The number of hydrogen-bond acceptors (Lipinski definition) is 4. The SMILES string of the molecule is C=CCC(NC(=O)OCC(C)C)C(=O)OCCCCC. The van der Waals surface area contributed by atoms with Crippen molar-refractivity contribution < 1.29 is 19.1 Å². The maximum absolute atomic E-state index is 11.8. The molecule has 0 aliphatic rings. The van der Waals surface area contributed by atoms with Crippen LogP contribution in [0.25, 0.3) is 0 Å². The summed E-state index contributed by atoms with van der Waals surface area (Å²) in [6.07, 6.45) is 4.21. The van der Waals surface area contributed by atoms with Crippen LogP contribution in [0.3, 0.4) is 0 Å². The lowest BCUT2D eigenvalue weighted by Gasteiger charge is -2.16. The lowest BCUT2D eigenvalue weighted by molar-refractivity contribution is -0.146. The maximum Gasteiger partial charge on any atom is 0.407 e. The number of alkyl carbamates (subject to hydrolysis) is 1. The van der Waals surface area contributed by atoms with Crippen LogP contribution in [0.2, 0.25) is 0 Å². The molecule has 0 heterocycles. The van der Waals surface area contributed by atoms with E-state index >= 15 is 0 Å². The van der Waals surface area contributed by atoms with Gasteiger partial charge in [-0.25, -0.2) is 9.59 Å². The summed E-state index contributed by atoms with van der Waals surface area (Å²) in [7, 11) is 0. The zero-order chi connectivity index (χ0) is 15.4. The van der Waals surface area contributed by atoms with Crippen molar-refractivity contribution in [3.05, 3.63) is 12.7 Å². The summed E-state index contributed by atoms with van der Waals surface area (Å²) in [5.74, 6) is -0.193. The van der Waals surface area contributed by atoms with Crippen LogP contribution in [0.15, 0.2) is 12.7 Å². The van der Waals surface area contributed by atoms with Gasteiger partial charge in [0.2, 0.25) is 0 Å². The van der Waals surface area contributed by atoms with Crippen molar-refractivity contribution in [1.29, 1.82) is 0 Å². The largest absolute Gasteiger partial charge is 0.464 e. The molecule has 0 bridgehead atoms. The second-order valence-corrected chi connectivity index (χ2v) is 5.09. The monoisotopic (exact) mass is 285 g/mol. The minimum absolute atomic E-state index is 0.250. The molecule has 5 nitrogen and oxygen atoms in total. The fraction of sp³-hybridized carbons (Fsp3) is 0.733. The molecule has 1 atom stereocenters. The van der Waals surface area contributed by atoms with E-state index in [0.717, 1.165) is 19.3 Å². The molecule has 0 rings (SSSR count). The second kappa shape index (κ2) is 11.3. The van der Waals surface area contributed by atoms with Crippen molar-refractivity contribution in [2.75, 3.05) is 13.2 Å². The summed E-state index contributed by atoms with van der Waals surface area (Å²) in [6, 6.07) is -0.728. The third kappa shape index (κ3) is 9.42. The summed E-state index contributed by atoms with van der Waals surface area (Å²) in [6.45, 7) is 10.2. The molecule has 0 aromatic carbocycles. The zero-order valence-corrected chi connectivity index (χ0v) is 12.8. The highest BCUT2D eigenvalue weighted by Crippen LogP contribution is 2.01. The number of esters is 1. The molecule has 0 fully saturated rings. The van der Waals surface area contributed by atoms with Crippen molar-refractivity contribution in [1.82, 2.24) is 5.32 Å². The highest BCUT2D eigenvalue weighted by atomic mass is 16.6. The molecule has 0 aromatic heterocycles. The first-order valence-corrected chi connectivity index (χ1v) is 7.22. The number of amides is 1. The van der Waals surface area contributed by atoms with Crippen molar-refractivity contribution in [3.8, 4) is 0 Å². The maximum atomic E-state index is 11.8. The molecular weight excluding hydrogens is 258 g/mol. The Labute approximate surface area is 121 Å². The number of nitrogens with one attached hydrogen (secondary N) is 1. The number of unbranched alkanes of at least 4 members (excludes halogenated alkanes) is 2. The van der Waals surface area contributed by atoms with Crippen LogP contribution in [0.4, 0.5) is 4.79 Å². The van der Waals surface area contributed by atoms with E-state index in [1.165, 1.54) is 0 Å². The number of rotatable bonds is 10. The summed E-state index contributed by atoms with van der Waals surface area (Å²) >= 11 is 0. The second-order valence-electron chi connectivity index (χ2n) is 5.09. The van der Waals surface area contributed by atoms with Gasteiger partial charge >= 0.3 is 12.1 Å². The van der Waals surface area contributed by atoms with Crippen molar-refractivity contribution in [2.45, 2.75) is 52.5 Å². The Kier molecular flexibility index (Phi) is 10.5. The van der Waals surface area contributed by atoms with E-state index < -0.39 is 18.1 Å². The zero-order valence-electron chi connectivity index (χ0n) is 12.8. The number of ether oxygens (including phenoxy) is 2.